The number of fused-ring (bicyclic) bond motifs is 1. The molecule has 1 saturated heterocycles. The van der Waals surface area contributed by atoms with E-state index in [0.717, 1.165) is 68.1 Å². The fourth-order valence-corrected chi connectivity index (χ4v) is 4.14. The molecule has 2 unspecified atom stereocenters. The van der Waals surface area contributed by atoms with Gasteiger partial charge >= 0.3 is 0 Å². The largest absolute Gasteiger partial charge is 0.391 e. The molecule has 2 fully saturated rings. The van der Waals surface area contributed by atoms with Gasteiger partial charge in [0.15, 0.2) is 5.65 Å². The highest BCUT2D eigenvalue weighted by atomic mass is 16.3. The molecule has 2 aliphatic rings. The zero-order valence-corrected chi connectivity index (χ0v) is 14.5. The lowest BCUT2D eigenvalue weighted by molar-refractivity contribution is 0.0173. The van der Waals surface area contributed by atoms with Crippen molar-refractivity contribution in [3.8, 4) is 0 Å². The maximum Gasteiger partial charge on any atom is 0.163 e. The smallest absolute Gasteiger partial charge is 0.163 e. The summed E-state index contributed by atoms with van der Waals surface area (Å²) in [6, 6.07) is 0.339. The average Bonchev–Trinajstić information content (AvgIpc) is 2.96. The topological polar surface area (TPSA) is 70.3 Å². The van der Waals surface area contributed by atoms with Gasteiger partial charge in [-0.3, -0.25) is 9.58 Å². The lowest BCUT2D eigenvalue weighted by Crippen LogP contribution is -2.54. The maximum atomic E-state index is 10.3. The van der Waals surface area contributed by atoms with Crippen LogP contribution in [0.25, 0.3) is 11.0 Å². The fourth-order valence-electron chi connectivity index (χ4n) is 4.14. The Hall–Kier alpha value is -1.73. The van der Waals surface area contributed by atoms with Crippen molar-refractivity contribution in [1.29, 1.82) is 0 Å². The summed E-state index contributed by atoms with van der Waals surface area (Å²) < 4.78 is 1.81. The summed E-state index contributed by atoms with van der Waals surface area (Å²) in [5, 5.41) is 15.7. The van der Waals surface area contributed by atoms with Crippen molar-refractivity contribution in [1.82, 2.24) is 24.6 Å². The van der Waals surface area contributed by atoms with Gasteiger partial charge in [0, 0.05) is 39.3 Å². The predicted octanol–water partition coefficient (Wildman–Crippen LogP) is 1.10. The van der Waals surface area contributed by atoms with E-state index in [2.05, 4.69) is 24.9 Å². The molecule has 1 aliphatic heterocycles. The van der Waals surface area contributed by atoms with Crippen LogP contribution in [0.3, 0.4) is 0 Å². The molecule has 0 radical (unpaired) electrons. The molecule has 0 spiro atoms. The van der Waals surface area contributed by atoms with Crippen LogP contribution in [0.2, 0.25) is 0 Å². The highest BCUT2D eigenvalue weighted by Crippen LogP contribution is 2.27. The quantitative estimate of drug-likeness (QED) is 0.889. The molecule has 7 nitrogen and oxygen atoms in total. The van der Waals surface area contributed by atoms with E-state index < -0.39 is 0 Å². The van der Waals surface area contributed by atoms with E-state index in [4.69, 9.17) is 0 Å². The Morgan fingerprint density at radius 3 is 2.58 bits per heavy atom. The summed E-state index contributed by atoms with van der Waals surface area (Å²) in [6.07, 6.45) is 6.19. The molecule has 0 amide bonds. The van der Waals surface area contributed by atoms with Gasteiger partial charge in [0.25, 0.3) is 0 Å². The zero-order chi connectivity index (χ0) is 16.7. The number of piperazine rings is 1. The van der Waals surface area contributed by atoms with Crippen molar-refractivity contribution in [2.75, 3.05) is 31.1 Å². The minimum absolute atomic E-state index is 0.156. The van der Waals surface area contributed by atoms with Crippen LogP contribution in [0.5, 0.6) is 0 Å². The number of hydrogen-bond acceptors (Lipinski definition) is 6. The molecule has 130 valence electrons. The van der Waals surface area contributed by atoms with Gasteiger partial charge < -0.3 is 10.0 Å². The first-order chi connectivity index (χ1) is 11.6. The van der Waals surface area contributed by atoms with Crippen molar-refractivity contribution in [3.05, 3.63) is 12.0 Å². The van der Waals surface area contributed by atoms with Crippen molar-refractivity contribution < 1.29 is 5.11 Å². The SMILES string of the molecule is Cc1nc(N2CCN(C3CCCCC3O)CC2)c2cnn(C)c2n1. The minimum Gasteiger partial charge on any atom is -0.391 e. The maximum absolute atomic E-state index is 10.3. The van der Waals surface area contributed by atoms with Gasteiger partial charge in [-0.2, -0.15) is 5.10 Å². The molecular weight excluding hydrogens is 304 g/mol. The first-order valence-corrected chi connectivity index (χ1v) is 8.97. The Balaban J connectivity index is 1.52. The molecule has 3 heterocycles. The number of aryl methyl sites for hydroxylation is 2. The standard InChI is InChI=1S/C17H26N6O/c1-12-19-16-13(11-18-21(16)2)17(20-12)23-9-7-22(8-10-23)14-5-3-4-6-15(14)24/h11,14-15,24H,3-10H2,1-2H3. The van der Waals surface area contributed by atoms with Crippen LogP contribution in [0.4, 0.5) is 5.82 Å². The molecule has 2 aromatic heterocycles. The van der Waals surface area contributed by atoms with Crippen LogP contribution in [0, 0.1) is 6.92 Å². The second-order valence-corrected chi connectivity index (χ2v) is 7.04. The van der Waals surface area contributed by atoms with E-state index in [1.807, 2.05) is 24.9 Å². The highest BCUT2D eigenvalue weighted by molar-refractivity contribution is 5.87. The first kappa shape index (κ1) is 15.8. The summed E-state index contributed by atoms with van der Waals surface area (Å²) >= 11 is 0. The van der Waals surface area contributed by atoms with E-state index in [-0.39, 0.29) is 6.10 Å². The number of nitrogens with zero attached hydrogens (tertiary/aromatic N) is 6. The molecule has 4 rings (SSSR count). The molecule has 2 atom stereocenters. The Bertz CT molecular complexity index is 721. The van der Waals surface area contributed by atoms with Crippen LogP contribution in [0.1, 0.15) is 31.5 Å². The van der Waals surface area contributed by atoms with E-state index in [1.54, 1.807) is 0 Å². The second-order valence-electron chi connectivity index (χ2n) is 7.04. The fraction of sp³-hybridized carbons (Fsp3) is 0.706. The van der Waals surface area contributed by atoms with Crippen LogP contribution in [-0.2, 0) is 7.05 Å². The molecule has 1 N–H and O–H groups in total. The zero-order valence-electron chi connectivity index (χ0n) is 14.5. The number of aromatic nitrogens is 4. The molecular formula is C17H26N6O. The third-order valence-electron chi connectivity index (χ3n) is 5.46. The van der Waals surface area contributed by atoms with Gasteiger partial charge in [-0.05, 0) is 19.8 Å². The normalized spacial score (nSPS) is 26.2. The van der Waals surface area contributed by atoms with E-state index in [1.165, 1.54) is 6.42 Å². The summed E-state index contributed by atoms with van der Waals surface area (Å²) in [4.78, 5) is 14.0. The Morgan fingerprint density at radius 2 is 1.83 bits per heavy atom. The average molecular weight is 330 g/mol. The van der Waals surface area contributed by atoms with E-state index in [0.29, 0.717) is 6.04 Å². The van der Waals surface area contributed by atoms with Crippen molar-refractivity contribution in [2.24, 2.45) is 7.05 Å². The number of hydrogen-bond donors (Lipinski definition) is 1. The Morgan fingerprint density at radius 1 is 1.08 bits per heavy atom. The number of rotatable bonds is 2. The van der Waals surface area contributed by atoms with Gasteiger partial charge in [-0.25, -0.2) is 9.97 Å². The van der Waals surface area contributed by atoms with Crippen LogP contribution >= 0.6 is 0 Å². The summed E-state index contributed by atoms with van der Waals surface area (Å²) in [5.74, 6) is 1.78. The minimum atomic E-state index is -0.156. The summed E-state index contributed by atoms with van der Waals surface area (Å²) in [6.45, 7) is 5.76. The van der Waals surface area contributed by atoms with Gasteiger partial charge in [-0.15, -0.1) is 0 Å². The van der Waals surface area contributed by atoms with Crippen molar-refractivity contribution in [2.45, 2.75) is 44.8 Å². The third-order valence-corrected chi connectivity index (χ3v) is 5.46. The lowest BCUT2D eigenvalue weighted by atomic mass is 9.91. The molecule has 2 aromatic rings. The Kier molecular flexibility index (Phi) is 4.14. The van der Waals surface area contributed by atoms with Crippen LogP contribution < -0.4 is 4.90 Å². The first-order valence-electron chi connectivity index (χ1n) is 8.97. The van der Waals surface area contributed by atoms with Gasteiger partial charge in [0.05, 0.1) is 17.7 Å². The van der Waals surface area contributed by atoms with Crippen LogP contribution in [0.15, 0.2) is 6.20 Å². The highest BCUT2D eigenvalue weighted by Gasteiger charge is 2.31. The molecule has 1 saturated carbocycles. The molecule has 1 aliphatic carbocycles. The van der Waals surface area contributed by atoms with Gasteiger partial charge in [0.2, 0.25) is 0 Å². The molecule has 7 heteroatoms. The summed E-state index contributed by atoms with van der Waals surface area (Å²) in [5.41, 5.74) is 0.891. The Labute approximate surface area is 142 Å². The van der Waals surface area contributed by atoms with Crippen LogP contribution in [-0.4, -0.2) is 68.1 Å². The number of aliphatic hydroxyl groups is 1. The van der Waals surface area contributed by atoms with Gasteiger partial charge in [0.1, 0.15) is 11.6 Å². The molecule has 0 aromatic carbocycles. The van der Waals surface area contributed by atoms with E-state index in [9.17, 15) is 5.11 Å². The van der Waals surface area contributed by atoms with Gasteiger partial charge in [-0.1, -0.05) is 12.8 Å². The number of aliphatic hydroxyl groups excluding tert-OH is 1. The second kappa shape index (κ2) is 6.29. The molecule has 0 bridgehead atoms. The predicted molar refractivity (Wildman–Crippen MR) is 93.1 cm³/mol. The van der Waals surface area contributed by atoms with Crippen molar-refractivity contribution >= 4 is 16.9 Å². The number of anilines is 1. The van der Waals surface area contributed by atoms with E-state index >= 15 is 0 Å². The lowest BCUT2D eigenvalue weighted by Gasteiger charge is -2.43. The van der Waals surface area contributed by atoms with Crippen molar-refractivity contribution in [3.63, 3.8) is 0 Å². The summed E-state index contributed by atoms with van der Waals surface area (Å²) in [7, 11) is 1.92. The monoisotopic (exact) mass is 330 g/mol. The third kappa shape index (κ3) is 2.75. The molecule has 24 heavy (non-hydrogen) atoms.